The number of ether oxygens (including phenoxy) is 1. The summed E-state index contributed by atoms with van der Waals surface area (Å²) in [7, 11) is 0. The van der Waals surface area contributed by atoms with Crippen LogP contribution in [0.3, 0.4) is 0 Å². The maximum Gasteiger partial charge on any atom is 0.205 e. The lowest BCUT2D eigenvalue weighted by Gasteiger charge is -2.16. The highest BCUT2D eigenvalue weighted by Crippen LogP contribution is 2.32. The van der Waals surface area contributed by atoms with Crippen molar-refractivity contribution < 1.29 is 20.1 Å². The number of aromatic nitrogens is 4. The molecule has 10 heteroatoms. The number of aliphatic hydroxyl groups excluding tert-OH is 3. The summed E-state index contributed by atoms with van der Waals surface area (Å²) in [6.07, 6.45) is 3.56. The van der Waals surface area contributed by atoms with Crippen LogP contribution in [0.4, 0.5) is 5.82 Å². The minimum atomic E-state index is -1.20. The van der Waals surface area contributed by atoms with Crippen LogP contribution in [0.25, 0.3) is 11.2 Å². The minimum absolute atomic E-state index is 0.360. The molecule has 1 aliphatic carbocycles. The van der Waals surface area contributed by atoms with Gasteiger partial charge in [-0.1, -0.05) is 12.8 Å². The first kappa shape index (κ1) is 17.4. The lowest BCUT2D eigenvalue weighted by Crippen LogP contribution is -2.33. The molecule has 0 aromatic carbocycles. The number of azo groups is 1. The van der Waals surface area contributed by atoms with Gasteiger partial charge in [-0.3, -0.25) is 4.57 Å². The predicted octanol–water partition coefficient (Wildman–Crippen LogP) is 0.712. The quantitative estimate of drug-likeness (QED) is 0.666. The molecule has 26 heavy (non-hydrogen) atoms. The monoisotopic (exact) mass is 362 g/mol. The summed E-state index contributed by atoms with van der Waals surface area (Å²) < 4.78 is 7.05. The first-order valence-electron chi connectivity index (χ1n) is 8.86. The molecule has 0 unspecified atom stereocenters. The van der Waals surface area contributed by atoms with Crippen molar-refractivity contribution in [2.45, 2.75) is 50.2 Å². The van der Waals surface area contributed by atoms with Gasteiger partial charge in [-0.15, -0.1) is 5.11 Å². The fraction of sp³-hybridized carbons (Fsp3) is 0.688. The highest BCUT2D eigenvalue weighted by atomic mass is 16.6. The summed E-state index contributed by atoms with van der Waals surface area (Å²) in [4.78, 5) is 12.6. The number of fused-ring (bicyclic) bond motifs is 1. The Bertz CT molecular complexity index is 790. The van der Waals surface area contributed by atoms with Gasteiger partial charge in [-0.2, -0.15) is 5.11 Å². The Morgan fingerprint density at radius 3 is 2.69 bits per heavy atom. The van der Waals surface area contributed by atoms with E-state index in [9.17, 15) is 15.3 Å². The van der Waals surface area contributed by atoms with E-state index in [4.69, 9.17) is 4.74 Å². The lowest BCUT2D eigenvalue weighted by molar-refractivity contribution is -0.0511. The topological polar surface area (TPSA) is 138 Å². The van der Waals surface area contributed by atoms with Crippen molar-refractivity contribution in [2.75, 3.05) is 13.2 Å². The summed E-state index contributed by atoms with van der Waals surface area (Å²) in [6.45, 7) is 0.290. The summed E-state index contributed by atoms with van der Waals surface area (Å²) >= 11 is 0. The third-order valence-corrected chi connectivity index (χ3v) is 5.11. The fourth-order valence-electron chi connectivity index (χ4n) is 3.63. The van der Waals surface area contributed by atoms with Crippen LogP contribution < -0.4 is 0 Å². The molecule has 0 bridgehead atoms. The minimum Gasteiger partial charge on any atom is -0.394 e. The molecule has 0 radical (unpaired) electrons. The fourth-order valence-corrected chi connectivity index (χ4v) is 3.63. The number of aliphatic hydroxyl groups is 3. The molecule has 0 spiro atoms. The van der Waals surface area contributed by atoms with E-state index in [2.05, 4.69) is 25.2 Å². The predicted molar refractivity (Wildman–Crippen MR) is 89.7 cm³/mol. The molecule has 3 N–H and O–H groups in total. The molecule has 1 saturated carbocycles. The zero-order valence-corrected chi connectivity index (χ0v) is 14.2. The molecule has 10 nitrogen and oxygen atoms in total. The van der Waals surface area contributed by atoms with Crippen LogP contribution >= 0.6 is 0 Å². The van der Waals surface area contributed by atoms with E-state index in [1.165, 1.54) is 42.9 Å². The SMILES string of the molecule is OC[C@H]1O[C@@H](n2cnc3c(N=NCC4CCCC4)ncnc32)[C@H](O)[C@@H]1O. The maximum absolute atomic E-state index is 10.2. The van der Waals surface area contributed by atoms with E-state index in [1.54, 1.807) is 0 Å². The van der Waals surface area contributed by atoms with Gasteiger partial charge in [0.1, 0.15) is 24.6 Å². The van der Waals surface area contributed by atoms with Crippen molar-refractivity contribution in [1.82, 2.24) is 19.5 Å². The van der Waals surface area contributed by atoms with Crippen LogP contribution in [0.1, 0.15) is 31.9 Å². The Balaban J connectivity index is 1.58. The van der Waals surface area contributed by atoms with E-state index >= 15 is 0 Å². The van der Waals surface area contributed by atoms with Gasteiger partial charge in [-0.05, 0) is 18.8 Å². The molecule has 3 heterocycles. The Labute approximate surface area is 149 Å². The van der Waals surface area contributed by atoms with Gasteiger partial charge in [-0.25, -0.2) is 15.0 Å². The Morgan fingerprint density at radius 1 is 1.15 bits per heavy atom. The summed E-state index contributed by atoms with van der Waals surface area (Å²) in [6, 6.07) is 0. The van der Waals surface area contributed by atoms with E-state index in [-0.39, 0.29) is 0 Å². The number of nitrogens with zero attached hydrogens (tertiary/aromatic N) is 6. The molecule has 140 valence electrons. The molecule has 2 aromatic rings. The standard InChI is InChI=1S/C16H22N6O4/c23-6-10-12(24)13(25)16(26-10)22-8-19-11-14(17-7-18-15(11)22)21-20-5-9-3-1-2-4-9/h7-10,12-13,16,23-25H,1-6H2/t10-,12-,13-,16-/m1/s1. The van der Waals surface area contributed by atoms with Crippen molar-refractivity contribution in [3.8, 4) is 0 Å². The van der Waals surface area contributed by atoms with Gasteiger partial charge in [0.15, 0.2) is 17.4 Å². The van der Waals surface area contributed by atoms with Gasteiger partial charge in [0.2, 0.25) is 5.82 Å². The van der Waals surface area contributed by atoms with Gasteiger partial charge in [0.25, 0.3) is 0 Å². The van der Waals surface area contributed by atoms with Gasteiger partial charge < -0.3 is 20.1 Å². The zero-order chi connectivity index (χ0) is 18.1. The van der Waals surface area contributed by atoms with E-state index in [0.717, 1.165) is 0 Å². The van der Waals surface area contributed by atoms with Gasteiger partial charge >= 0.3 is 0 Å². The average Bonchev–Trinajstić information content (AvgIpc) is 3.37. The summed E-state index contributed by atoms with van der Waals surface area (Å²) in [5.41, 5.74) is 0.866. The Morgan fingerprint density at radius 2 is 1.96 bits per heavy atom. The average molecular weight is 362 g/mol. The highest BCUT2D eigenvalue weighted by molar-refractivity contribution is 5.80. The number of rotatable bonds is 5. The van der Waals surface area contributed by atoms with Crippen LogP contribution in [0, 0.1) is 5.92 Å². The number of hydrogen-bond acceptors (Lipinski definition) is 9. The van der Waals surface area contributed by atoms with Crippen molar-refractivity contribution in [3.63, 3.8) is 0 Å². The van der Waals surface area contributed by atoms with Crippen molar-refractivity contribution in [2.24, 2.45) is 16.1 Å². The normalized spacial score (nSPS) is 30.1. The van der Waals surface area contributed by atoms with E-state index in [0.29, 0.717) is 29.4 Å². The van der Waals surface area contributed by atoms with E-state index < -0.39 is 31.1 Å². The molecule has 1 saturated heterocycles. The molecule has 0 amide bonds. The molecule has 1 aliphatic heterocycles. The lowest BCUT2D eigenvalue weighted by atomic mass is 10.1. The maximum atomic E-state index is 10.2. The van der Waals surface area contributed by atoms with Crippen LogP contribution in [0.2, 0.25) is 0 Å². The number of hydrogen-bond donors (Lipinski definition) is 3. The zero-order valence-electron chi connectivity index (χ0n) is 14.2. The molecular formula is C16H22N6O4. The highest BCUT2D eigenvalue weighted by Gasteiger charge is 2.44. The molecule has 2 aliphatic rings. The number of imidazole rings is 1. The molecule has 4 rings (SSSR count). The smallest absolute Gasteiger partial charge is 0.205 e. The molecular weight excluding hydrogens is 340 g/mol. The van der Waals surface area contributed by atoms with E-state index in [1.807, 2.05) is 0 Å². The third-order valence-electron chi connectivity index (χ3n) is 5.11. The summed E-state index contributed by atoms with van der Waals surface area (Å²) in [5.74, 6) is 0.950. The Kier molecular flexibility index (Phi) is 4.90. The largest absolute Gasteiger partial charge is 0.394 e. The van der Waals surface area contributed by atoms with Crippen molar-refractivity contribution in [1.29, 1.82) is 0 Å². The first-order chi connectivity index (χ1) is 12.7. The second-order valence-corrected chi connectivity index (χ2v) is 6.82. The second-order valence-electron chi connectivity index (χ2n) is 6.82. The first-order valence-corrected chi connectivity index (χ1v) is 8.86. The third kappa shape index (κ3) is 3.09. The Hall–Kier alpha value is -2.01. The second kappa shape index (κ2) is 7.31. The molecule has 2 fully saturated rings. The van der Waals surface area contributed by atoms with Crippen LogP contribution in [-0.4, -0.2) is 66.3 Å². The summed E-state index contributed by atoms with van der Waals surface area (Å²) in [5, 5.41) is 37.9. The van der Waals surface area contributed by atoms with Crippen molar-refractivity contribution >= 4 is 17.0 Å². The van der Waals surface area contributed by atoms with Crippen LogP contribution in [-0.2, 0) is 4.74 Å². The van der Waals surface area contributed by atoms with Gasteiger partial charge in [0.05, 0.1) is 19.5 Å². The van der Waals surface area contributed by atoms with Crippen LogP contribution in [0.15, 0.2) is 22.9 Å². The van der Waals surface area contributed by atoms with Crippen molar-refractivity contribution in [3.05, 3.63) is 12.7 Å². The van der Waals surface area contributed by atoms with Crippen LogP contribution in [0.5, 0.6) is 0 Å². The van der Waals surface area contributed by atoms with Gasteiger partial charge in [0, 0.05) is 0 Å². The molecule has 2 aromatic heterocycles. The molecule has 4 atom stereocenters.